The summed E-state index contributed by atoms with van der Waals surface area (Å²) in [4.78, 5) is 12.4. The highest BCUT2D eigenvalue weighted by molar-refractivity contribution is 5.50. The molecule has 2 rings (SSSR count). The van der Waals surface area contributed by atoms with Gasteiger partial charge in [-0.3, -0.25) is 0 Å². The van der Waals surface area contributed by atoms with E-state index in [4.69, 9.17) is 5.73 Å². The lowest BCUT2D eigenvalue weighted by Gasteiger charge is -2.10. The quantitative estimate of drug-likeness (QED) is 0.803. The number of imidazole rings is 1. The smallest absolute Gasteiger partial charge is 0.179 e. The highest BCUT2D eigenvalue weighted by Gasteiger charge is 2.09. The predicted octanol–water partition coefficient (Wildman–Crippen LogP) is 1.50. The second-order valence-electron chi connectivity index (χ2n) is 3.59. The van der Waals surface area contributed by atoms with E-state index in [1.807, 2.05) is 4.57 Å². The first kappa shape index (κ1) is 9.64. The Morgan fingerprint density at radius 1 is 1.40 bits per heavy atom. The Balaban J connectivity index is 2.49. The average molecular weight is 203 g/mol. The number of hydrogen-bond donors (Lipinski definition) is 1. The zero-order valence-electron chi connectivity index (χ0n) is 8.75. The second-order valence-corrected chi connectivity index (χ2v) is 3.59. The number of nitrogen functional groups attached to an aromatic ring is 1. The zero-order valence-corrected chi connectivity index (χ0v) is 8.75. The zero-order chi connectivity index (χ0) is 10.8. The first-order valence-corrected chi connectivity index (χ1v) is 4.79. The molecule has 0 saturated carbocycles. The van der Waals surface area contributed by atoms with E-state index in [1.165, 1.54) is 0 Å². The normalized spacial score (nSPS) is 10.9. The van der Waals surface area contributed by atoms with Crippen LogP contribution >= 0.6 is 0 Å². The van der Waals surface area contributed by atoms with E-state index in [9.17, 15) is 0 Å². The fraction of sp³-hybridized carbons (Fsp3) is 0.300. The van der Waals surface area contributed by atoms with E-state index in [0.717, 1.165) is 5.69 Å². The number of nitrogens with zero attached hydrogens (tertiary/aromatic N) is 4. The van der Waals surface area contributed by atoms with E-state index >= 15 is 0 Å². The molecule has 0 fully saturated rings. The van der Waals surface area contributed by atoms with Gasteiger partial charge in [0.25, 0.3) is 0 Å². The van der Waals surface area contributed by atoms with Gasteiger partial charge >= 0.3 is 0 Å². The van der Waals surface area contributed by atoms with Crippen molar-refractivity contribution in [3.05, 3.63) is 24.8 Å². The summed E-state index contributed by atoms with van der Waals surface area (Å²) in [7, 11) is 0. The number of aromatic nitrogens is 4. The van der Waals surface area contributed by atoms with Crippen molar-refractivity contribution in [3.63, 3.8) is 0 Å². The molecule has 0 aromatic carbocycles. The minimum atomic E-state index is 0.326. The topological polar surface area (TPSA) is 69.6 Å². The van der Waals surface area contributed by atoms with Crippen molar-refractivity contribution in [1.29, 1.82) is 0 Å². The third-order valence-electron chi connectivity index (χ3n) is 2.13. The molecule has 2 heterocycles. The lowest BCUT2D eigenvalue weighted by molar-refractivity contribution is 0.603. The molecule has 0 amide bonds. The van der Waals surface area contributed by atoms with Crippen molar-refractivity contribution in [1.82, 2.24) is 19.5 Å². The van der Waals surface area contributed by atoms with Crippen molar-refractivity contribution in [3.8, 4) is 11.5 Å². The Morgan fingerprint density at radius 2 is 2.20 bits per heavy atom. The van der Waals surface area contributed by atoms with Gasteiger partial charge in [-0.15, -0.1) is 0 Å². The largest absolute Gasteiger partial charge is 0.384 e. The average Bonchev–Trinajstić information content (AvgIpc) is 2.65. The van der Waals surface area contributed by atoms with Crippen LogP contribution in [0.5, 0.6) is 0 Å². The molecule has 0 saturated heterocycles. The highest BCUT2D eigenvalue weighted by Crippen LogP contribution is 2.18. The van der Waals surface area contributed by atoms with Crippen LogP contribution in [-0.2, 0) is 0 Å². The first-order chi connectivity index (χ1) is 7.18. The van der Waals surface area contributed by atoms with Crippen LogP contribution in [-0.4, -0.2) is 19.5 Å². The van der Waals surface area contributed by atoms with Gasteiger partial charge in [0.15, 0.2) is 5.82 Å². The Bertz CT molecular complexity index is 460. The fourth-order valence-electron chi connectivity index (χ4n) is 1.39. The summed E-state index contributed by atoms with van der Waals surface area (Å²) >= 11 is 0. The summed E-state index contributed by atoms with van der Waals surface area (Å²) < 4.78 is 2.01. The molecule has 0 bridgehead atoms. The highest BCUT2D eigenvalue weighted by atomic mass is 15.1. The summed E-state index contributed by atoms with van der Waals surface area (Å²) in [5.41, 5.74) is 6.50. The van der Waals surface area contributed by atoms with Crippen LogP contribution in [0.15, 0.2) is 24.8 Å². The molecule has 15 heavy (non-hydrogen) atoms. The van der Waals surface area contributed by atoms with Gasteiger partial charge in [-0.05, 0) is 19.9 Å². The molecule has 0 atom stereocenters. The first-order valence-electron chi connectivity index (χ1n) is 4.79. The second kappa shape index (κ2) is 3.68. The molecule has 0 spiro atoms. The van der Waals surface area contributed by atoms with Crippen molar-refractivity contribution in [2.75, 3.05) is 5.73 Å². The molecule has 0 aliphatic carbocycles. The molecular weight excluding hydrogens is 190 g/mol. The van der Waals surface area contributed by atoms with Gasteiger partial charge in [0, 0.05) is 12.2 Å². The summed E-state index contributed by atoms with van der Waals surface area (Å²) in [6.45, 7) is 4.16. The minimum absolute atomic E-state index is 0.326. The number of rotatable bonds is 2. The lowest BCUT2D eigenvalue weighted by atomic mass is 10.3. The van der Waals surface area contributed by atoms with E-state index in [2.05, 4.69) is 28.8 Å². The van der Waals surface area contributed by atoms with Gasteiger partial charge in [0.1, 0.15) is 11.5 Å². The van der Waals surface area contributed by atoms with E-state index in [0.29, 0.717) is 17.7 Å². The van der Waals surface area contributed by atoms with Gasteiger partial charge in [0.2, 0.25) is 0 Å². The van der Waals surface area contributed by atoms with Gasteiger partial charge in [-0.1, -0.05) is 0 Å². The molecule has 2 aromatic heterocycles. The Labute approximate surface area is 88.0 Å². The summed E-state index contributed by atoms with van der Waals surface area (Å²) in [6, 6.07) is 1.99. The lowest BCUT2D eigenvalue weighted by Crippen LogP contribution is -2.03. The predicted molar refractivity (Wildman–Crippen MR) is 58.1 cm³/mol. The summed E-state index contributed by atoms with van der Waals surface area (Å²) in [6.07, 6.45) is 5.16. The molecule has 5 nitrogen and oxygen atoms in total. The van der Waals surface area contributed by atoms with Gasteiger partial charge in [-0.25, -0.2) is 15.0 Å². The molecule has 5 heteroatoms. The van der Waals surface area contributed by atoms with Gasteiger partial charge < -0.3 is 10.3 Å². The van der Waals surface area contributed by atoms with Crippen LogP contribution in [0.2, 0.25) is 0 Å². The molecule has 2 aromatic rings. The van der Waals surface area contributed by atoms with Crippen LogP contribution in [0.1, 0.15) is 19.9 Å². The molecule has 78 valence electrons. The molecular formula is C10H13N5. The van der Waals surface area contributed by atoms with E-state index in [1.54, 1.807) is 24.8 Å². The standard InChI is InChI=1S/C10H13N5/c1-7(2)15-6-12-5-8(15)10-13-4-3-9(11)14-10/h3-7H,1-2H3,(H2,11,13,14). The van der Waals surface area contributed by atoms with Gasteiger partial charge in [-0.2, -0.15) is 0 Å². The third-order valence-corrected chi connectivity index (χ3v) is 2.13. The summed E-state index contributed by atoms with van der Waals surface area (Å²) in [5, 5.41) is 0. The SMILES string of the molecule is CC(C)n1cncc1-c1nccc(N)n1. The monoisotopic (exact) mass is 203 g/mol. The summed E-state index contributed by atoms with van der Waals surface area (Å²) in [5.74, 6) is 1.08. The maximum atomic E-state index is 5.61. The third kappa shape index (κ3) is 1.81. The van der Waals surface area contributed by atoms with Crippen molar-refractivity contribution >= 4 is 5.82 Å². The Morgan fingerprint density at radius 3 is 2.87 bits per heavy atom. The van der Waals surface area contributed by atoms with Crippen LogP contribution in [0.4, 0.5) is 5.82 Å². The Hall–Kier alpha value is -1.91. The number of hydrogen-bond acceptors (Lipinski definition) is 4. The van der Waals surface area contributed by atoms with E-state index < -0.39 is 0 Å². The van der Waals surface area contributed by atoms with Crippen molar-refractivity contribution in [2.24, 2.45) is 0 Å². The van der Waals surface area contributed by atoms with Crippen molar-refractivity contribution < 1.29 is 0 Å². The number of anilines is 1. The molecule has 0 aliphatic rings. The number of nitrogens with two attached hydrogens (primary N) is 1. The van der Waals surface area contributed by atoms with Gasteiger partial charge in [0.05, 0.1) is 12.5 Å². The van der Waals surface area contributed by atoms with Crippen LogP contribution in [0.25, 0.3) is 11.5 Å². The molecule has 0 aliphatic heterocycles. The Kier molecular flexibility index (Phi) is 2.37. The van der Waals surface area contributed by atoms with E-state index in [-0.39, 0.29) is 0 Å². The van der Waals surface area contributed by atoms with Crippen LogP contribution in [0.3, 0.4) is 0 Å². The maximum absolute atomic E-state index is 5.61. The fourth-order valence-corrected chi connectivity index (χ4v) is 1.39. The van der Waals surface area contributed by atoms with Crippen LogP contribution in [0, 0.1) is 0 Å². The molecule has 2 N–H and O–H groups in total. The van der Waals surface area contributed by atoms with Crippen LogP contribution < -0.4 is 5.73 Å². The molecule has 0 radical (unpaired) electrons. The maximum Gasteiger partial charge on any atom is 0.179 e. The van der Waals surface area contributed by atoms with Crippen molar-refractivity contribution in [2.45, 2.75) is 19.9 Å². The minimum Gasteiger partial charge on any atom is -0.384 e. The molecule has 0 unspecified atom stereocenters.